The standard InChI is InChI=1S/C13H25N3O/c1-15(2)11-3-5-12(6-4-11)16-9-10(8-14)7-13(16)17/h10-12H,3-9,14H2,1-2H3. The van der Waals surface area contributed by atoms with Crippen molar-refractivity contribution in [2.75, 3.05) is 27.2 Å². The molecule has 1 aliphatic heterocycles. The average Bonchev–Trinajstić information content (AvgIpc) is 2.71. The van der Waals surface area contributed by atoms with E-state index < -0.39 is 0 Å². The molecule has 1 atom stereocenters. The van der Waals surface area contributed by atoms with Crippen molar-refractivity contribution in [1.29, 1.82) is 0 Å². The van der Waals surface area contributed by atoms with E-state index in [0.29, 0.717) is 36.9 Å². The molecule has 1 heterocycles. The molecule has 17 heavy (non-hydrogen) atoms. The van der Waals surface area contributed by atoms with Crippen LogP contribution in [0, 0.1) is 5.92 Å². The fraction of sp³-hybridized carbons (Fsp3) is 0.923. The first-order valence-corrected chi connectivity index (χ1v) is 6.77. The van der Waals surface area contributed by atoms with Gasteiger partial charge in [0, 0.05) is 25.0 Å². The molecule has 0 aromatic heterocycles. The van der Waals surface area contributed by atoms with Gasteiger partial charge in [0.2, 0.25) is 5.91 Å². The van der Waals surface area contributed by atoms with Crippen molar-refractivity contribution in [2.24, 2.45) is 11.7 Å². The molecule has 1 saturated heterocycles. The molecule has 0 radical (unpaired) electrons. The number of likely N-dealkylation sites (tertiary alicyclic amines) is 1. The summed E-state index contributed by atoms with van der Waals surface area (Å²) in [7, 11) is 4.30. The molecular weight excluding hydrogens is 214 g/mol. The highest BCUT2D eigenvalue weighted by Crippen LogP contribution is 2.29. The second-order valence-corrected chi connectivity index (χ2v) is 5.78. The van der Waals surface area contributed by atoms with E-state index in [0.717, 1.165) is 19.4 Å². The van der Waals surface area contributed by atoms with Crippen LogP contribution in [0.1, 0.15) is 32.1 Å². The van der Waals surface area contributed by atoms with E-state index >= 15 is 0 Å². The smallest absolute Gasteiger partial charge is 0.223 e. The predicted octanol–water partition coefficient (Wildman–Crippen LogP) is 0.666. The summed E-state index contributed by atoms with van der Waals surface area (Å²) in [6, 6.07) is 1.18. The van der Waals surface area contributed by atoms with Gasteiger partial charge in [0.15, 0.2) is 0 Å². The molecule has 4 nitrogen and oxygen atoms in total. The quantitative estimate of drug-likeness (QED) is 0.787. The van der Waals surface area contributed by atoms with Crippen LogP contribution in [0.15, 0.2) is 0 Å². The number of amides is 1. The molecule has 0 spiro atoms. The van der Waals surface area contributed by atoms with E-state index in [1.807, 2.05) is 0 Å². The Balaban J connectivity index is 1.87. The number of hydrogen-bond acceptors (Lipinski definition) is 3. The van der Waals surface area contributed by atoms with Crippen molar-refractivity contribution in [3.8, 4) is 0 Å². The minimum atomic E-state index is 0.328. The highest BCUT2D eigenvalue weighted by atomic mass is 16.2. The van der Waals surface area contributed by atoms with Gasteiger partial charge in [-0.25, -0.2) is 0 Å². The summed E-state index contributed by atoms with van der Waals surface area (Å²) < 4.78 is 0. The third-order valence-electron chi connectivity index (χ3n) is 4.41. The Morgan fingerprint density at radius 2 is 1.94 bits per heavy atom. The van der Waals surface area contributed by atoms with Gasteiger partial charge in [0.1, 0.15) is 0 Å². The van der Waals surface area contributed by atoms with E-state index in [4.69, 9.17) is 5.73 Å². The Labute approximate surface area is 104 Å². The van der Waals surface area contributed by atoms with Crippen molar-refractivity contribution in [1.82, 2.24) is 9.80 Å². The average molecular weight is 239 g/mol. The maximum atomic E-state index is 11.9. The molecule has 0 aromatic rings. The Morgan fingerprint density at radius 1 is 1.29 bits per heavy atom. The molecule has 2 rings (SSSR count). The molecule has 0 aromatic carbocycles. The van der Waals surface area contributed by atoms with E-state index in [2.05, 4.69) is 23.9 Å². The van der Waals surface area contributed by atoms with Crippen LogP contribution in [-0.2, 0) is 4.79 Å². The molecule has 1 aliphatic carbocycles. The summed E-state index contributed by atoms with van der Waals surface area (Å²) in [5, 5.41) is 0. The fourth-order valence-corrected chi connectivity index (χ4v) is 3.21. The number of carbonyl (C=O) groups is 1. The minimum absolute atomic E-state index is 0.328. The predicted molar refractivity (Wildman–Crippen MR) is 68.6 cm³/mol. The largest absolute Gasteiger partial charge is 0.339 e. The number of rotatable bonds is 3. The zero-order valence-corrected chi connectivity index (χ0v) is 11.1. The lowest BCUT2D eigenvalue weighted by molar-refractivity contribution is -0.130. The highest BCUT2D eigenvalue weighted by Gasteiger charge is 2.35. The van der Waals surface area contributed by atoms with Crippen molar-refractivity contribution in [2.45, 2.75) is 44.2 Å². The maximum absolute atomic E-state index is 11.9. The maximum Gasteiger partial charge on any atom is 0.223 e. The Kier molecular flexibility index (Phi) is 4.05. The van der Waals surface area contributed by atoms with Gasteiger partial charge >= 0.3 is 0 Å². The number of hydrogen-bond donors (Lipinski definition) is 1. The Hall–Kier alpha value is -0.610. The topological polar surface area (TPSA) is 49.6 Å². The third kappa shape index (κ3) is 2.80. The van der Waals surface area contributed by atoms with E-state index in [1.54, 1.807) is 0 Å². The zero-order valence-electron chi connectivity index (χ0n) is 11.1. The summed E-state index contributed by atoms with van der Waals surface area (Å²) in [6.45, 7) is 1.54. The first kappa shape index (κ1) is 12.8. The van der Waals surface area contributed by atoms with Crippen molar-refractivity contribution < 1.29 is 4.79 Å². The molecule has 0 bridgehead atoms. The van der Waals surface area contributed by atoms with Crippen LogP contribution in [-0.4, -0.2) is 55.0 Å². The Morgan fingerprint density at radius 3 is 2.41 bits per heavy atom. The van der Waals surface area contributed by atoms with Crippen molar-refractivity contribution in [3.63, 3.8) is 0 Å². The second-order valence-electron chi connectivity index (χ2n) is 5.78. The molecule has 4 heteroatoms. The number of carbonyl (C=O) groups excluding carboxylic acids is 1. The molecule has 1 unspecified atom stereocenters. The molecule has 2 N–H and O–H groups in total. The van der Waals surface area contributed by atoms with Gasteiger partial charge in [-0.05, 0) is 52.2 Å². The summed E-state index contributed by atoms with van der Waals surface area (Å²) in [5.74, 6) is 0.725. The van der Waals surface area contributed by atoms with E-state index in [1.165, 1.54) is 12.8 Å². The van der Waals surface area contributed by atoms with Gasteiger partial charge in [-0.3, -0.25) is 4.79 Å². The molecular formula is C13H25N3O. The fourth-order valence-electron chi connectivity index (χ4n) is 3.21. The SMILES string of the molecule is CN(C)C1CCC(N2CC(CN)CC2=O)CC1. The Bertz CT molecular complexity index is 272. The van der Waals surface area contributed by atoms with Gasteiger partial charge in [0.25, 0.3) is 0 Å². The van der Waals surface area contributed by atoms with Crippen molar-refractivity contribution in [3.05, 3.63) is 0 Å². The number of nitrogens with zero attached hydrogens (tertiary/aromatic N) is 2. The molecule has 98 valence electrons. The summed E-state index contributed by atoms with van der Waals surface area (Å²) in [6.07, 6.45) is 5.42. The van der Waals surface area contributed by atoms with Crippen LogP contribution in [0.2, 0.25) is 0 Å². The zero-order chi connectivity index (χ0) is 12.4. The molecule has 2 aliphatic rings. The van der Waals surface area contributed by atoms with Gasteiger partial charge in [-0.1, -0.05) is 0 Å². The summed E-state index contributed by atoms with van der Waals surface area (Å²) in [4.78, 5) is 16.3. The summed E-state index contributed by atoms with van der Waals surface area (Å²) in [5.41, 5.74) is 5.66. The van der Waals surface area contributed by atoms with Crippen LogP contribution in [0.4, 0.5) is 0 Å². The normalized spacial score (nSPS) is 34.7. The first-order valence-electron chi connectivity index (χ1n) is 6.77. The lowest BCUT2D eigenvalue weighted by Gasteiger charge is -2.37. The van der Waals surface area contributed by atoms with Crippen LogP contribution >= 0.6 is 0 Å². The monoisotopic (exact) mass is 239 g/mol. The van der Waals surface area contributed by atoms with Gasteiger partial charge in [0.05, 0.1) is 0 Å². The second kappa shape index (κ2) is 5.36. The highest BCUT2D eigenvalue weighted by molar-refractivity contribution is 5.79. The van der Waals surface area contributed by atoms with E-state index in [-0.39, 0.29) is 0 Å². The first-order chi connectivity index (χ1) is 8.11. The lowest BCUT2D eigenvalue weighted by atomic mass is 9.89. The summed E-state index contributed by atoms with van der Waals surface area (Å²) >= 11 is 0. The van der Waals surface area contributed by atoms with Crippen LogP contribution < -0.4 is 5.73 Å². The van der Waals surface area contributed by atoms with Crippen LogP contribution in [0.25, 0.3) is 0 Å². The van der Waals surface area contributed by atoms with Crippen LogP contribution in [0.5, 0.6) is 0 Å². The van der Waals surface area contributed by atoms with Gasteiger partial charge in [-0.2, -0.15) is 0 Å². The van der Waals surface area contributed by atoms with E-state index in [9.17, 15) is 4.79 Å². The van der Waals surface area contributed by atoms with Crippen LogP contribution in [0.3, 0.4) is 0 Å². The molecule has 2 fully saturated rings. The van der Waals surface area contributed by atoms with Crippen molar-refractivity contribution >= 4 is 5.91 Å². The lowest BCUT2D eigenvalue weighted by Crippen LogP contribution is -2.43. The van der Waals surface area contributed by atoms with Gasteiger partial charge < -0.3 is 15.5 Å². The molecule has 1 saturated carbocycles. The van der Waals surface area contributed by atoms with Gasteiger partial charge in [-0.15, -0.1) is 0 Å². The molecule has 1 amide bonds. The number of nitrogens with two attached hydrogens (primary N) is 1. The third-order valence-corrected chi connectivity index (χ3v) is 4.41. The minimum Gasteiger partial charge on any atom is -0.339 e.